The summed E-state index contributed by atoms with van der Waals surface area (Å²) < 4.78 is 10.5. The Morgan fingerprint density at radius 2 is 2.06 bits per heavy atom. The number of pyridine rings is 1. The minimum Gasteiger partial charge on any atom is -0.466 e. The summed E-state index contributed by atoms with van der Waals surface area (Å²) in [4.78, 5) is 34.2. The minimum atomic E-state index is -1.09. The van der Waals surface area contributed by atoms with Crippen LogP contribution in [0.25, 0.3) is 10.6 Å². The number of rotatable bonds is 5. The van der Waals surface area contributed by atoms with Crippen LogP contribution < -0.4 is 5.32 Å². The Labute approximate surface area is 198 Å². The van der Waals surface area contributed by atoms with Gasteiger partial charge >= 0.3 is 12.1 Å². The number of thiazole rings is 1. The van der Waals surface area contributed by atoms with Crippen molar-refractivity contribution >= 4 is 29.2 Å². The van der Waals surface area contributed by atoms with Crippen LogP contribution in [0.5, 0.6) is 0 Å². The van der Waals surface area contributed by atoms with Gasteiger partial charge < -0.3 is 14.6 Å². The molecule has 3 atom stereocenters. The molecule has 0 spiro atoms. The van der Waals surface area contributed by atoms with Crippen LogP contribution in [0.4, 0.5) is 10.6 Å². The van der Waals surface area contributed by atoms with Gasteiger partial charge in [0.1, 0.15) is 22.0 Å². The van der Waals surface area contributed by atoms with Crippen LogP contribution in [-0.4, -0.2) is 39.3 Å². The number of nitrogens with zero attached hydrogens (tertiary/aromatic N) is 2. The molecular weight excluding hydrogens is 442 g/mol. The fraction of sp³-hybridized carbons (Fsp3) is 0.583. The molecule has 3 rings (SSSR count). The lowest BCUT2D eigenvalue weighted by atomic mass is 9.72. The van der Waals surface area contributed by atoms with Crippen LogP contribution >= 0.6 is 11.3 Å². The van der Waals surface area contributed by atoms with Gasteiger partial charge in [-0.3, -0.25) is 10.1 Å². The molecule has 8 nitrogen and oxygen atoms in total. The molecule has 0 radical (unpaired) electrons. The van der Waals surface area contributed by atoms with Crippen LogP contribution in [0.3, 0.4) is 0 Å². The van der Waals surface area contributed by atoms with Crippen molar-refractivity contribution in [2.75, 3.05) is 11.9 Å². The molecule has 2 N–H and O–H groups in total. The first-order valence-electron chi connectivity index (χ1n) is 11.2. The number of anilines is 1. The van der Waals surface area contributed by atoms with Crippen molar-refractivity contribution < 1.29 is 24.2 Å². The van der Waals surface area contributed by atoms with Crippen LogP contribution in [-0.2, 0) is 19.9 Å². The number of amides is 1. The maximum absolute atomic E-state index is 12.2. The summed E-state index contributed by atoms with van der Waals surface area (Å²) in [6.45, 7) is 11.4. The van der Waals surface area contributed by atoms with Crippen molar-refractivity contribution in [1.82, 2.24) is 9.97 Å². The predicted octanol–water partition coefficient (Wildman–Crippen LogP) is 5.05. The maximum atomic E-state index is 12.2. The molecule has 2 heterocycles. The van der Waals surface area contributed by atoms with Crippen LogP contribution in [0.15, 0.2) is 18.3 Å². The van der Waals surface area contributed by atoms with Gasteiger partial charge in [-0.05, 0) is 77.5 Å². The summed E-state index contributed by atoms with van der Waals surface area (Å²) in [6.07, 6.45) is 2.56. The molecule has 0 aromatic carbocycles. The van der Waals surface area contributed by atoms with E-state index in [0.717, 1.165) is 10.4 Å². The van der Waals surface area contributed by atoms with Crippen molar-refractivity contribution in [2.24, 2.45) is 11.8 Å². The second-order valence-corrected chi connectivity index (χ2v) is 10.7. The number of aromatic nitrogens is 2. The van der Waals surface area contributed by atoms with E-state index in [1.54, 1.807) is 40.0 Å². The van der Waals surface area contributed by atoms with Crippen LogP contribution in [0, 0.1) is 18.8 Å². The lowest BCUT2D eigenvalue weighted by Gasteiger charge is -2.37. The van der Waals surface area contributed by atoms with E-state index < -0.39 is 17.3 Å². The largest absolute Gasteiger partial charge is 0.466 e. The van der Waals surface area contributed by atoms with E-state index in [0.29, 0.717) is 42.4 Å². The fourth-order valence-corrected chi connectivity index (χ4v) is 5.13. The Kier molecular flexibility index (Phi) is 7.43. The van der Waals surface area contributed by atoms with E-state index in [2.05, 4.69) is 15.3 Å². The first-order chi connectivity index (χ1) is 15.4. The molecule has 2 aromatic heterocycles. The van der Waals surface area contributed by atoms with Gasteiger partial charge in [0, 0.05) is 6.20 Å². The van der Waals surface area contributed by atoms with E-state index in [4.69, 9.17) is 9.47 Å². The fourth-order valence-electron chi connectivity index (χ4n) is 4.12. The number of nitrogens with one attached hydrogen (secondary N) is 1. The maximum Gasteiger partial charge on any atom is 0.413 e. The highest BCUT2D eigenvalue weighted by molar-refractivity contribution is 7.15. The zero-order valence-corrected chi connectivity index (χ0v) is 20.9. The van der Waals surface area contributed by atoms with Crippen molar-refractivity contribution in [3.8, 4) is 10.6 Å². The Balaban J connectivity index is 1.77. The van der Waals surface area contributed by atoms with E-state index in [9.17, 15) is 14.7 Å². The quantitative estimate of drug-likeness (QED) is 0.582. The van der Waals surface area contributed by atoms with Crippen LogP contribution in [0.1, 0.15) is 64.5 Å². The molecule has 1 fully saturated rings. The number of carbonyl (C=O) groups is 2. The number of hydrogen-bond acceptors (Lipinski definition) is 8. The molecule has 1 aliphatic carbocycles. The van der Waals surface area contributed by atoms with Crippen molar-refractivity contribution in [3.63, 3.8) is 0 Å². The number of aliphatic hydroxyl groups is 1. The van der Waals surface area contributed by atoms with Gasteiger partial charge in [0.15, 0.2) is 0 Å². The molecule has 9 heteroatoms. The third kappa shape index (κ3) is 6.29. The molecule has 1 unspecified atom stereocenters. The number of aryl methyl sites for hydroxylation is 1. The summed E-state index contributed by atoms with van der Waals surface area (Å²) in [7, 11) is 0. The van der Waals surface area contributed by atoms with Gasteiger partial charge in [-0.25, -0.2) is 14.8 Å². The Hall–Kier alpha value is -2.52. The van der Waals surface area contributed by atoms with Gasteiger partial charge in [-0.2, -0.15) is 0 Å². The third-order valence-corrected chi connectivity index (χ3v) is 6.77. The standard InChI is InChI=1S/C24H33N3O5S/c1-7-31-20(28)16-8-9-24(30,12-15(16)3)21-25-13-18(33-21)17-10-14(2)11-19(26-17)27-22(29)32-23(4,5)6/h10-11,13,15-16,30H,7-9,12H2,1-6H3,(H,26,27,29)/t15-,16+,24?/m1/s1. The smallest absolute Gasteiger partial charge is 0.413 e. The molecule has 1 amide bonds. The average Bonchev–Trinajstić information content (AvgIpc) is 3.17. The Morgan fingerprint density at radius 1 is 1.33 bits per heavy atom. The predicted molar refractivity (Wildman–Crippen MR) is 127 cm³/mol. The molecule has 33 heavy (non-hydrogen) atoms. The first-order valence-corrected chi connectivity index (χ1v) is 12.1. The summed E-state index contributed by atoms with van der Waals surface area (Å²) in [5.41, 5.74) is -0.125. The molecule has 180 valence electrons. The van der Waals surface area contributed by atoms with E-state index >= 15 is 0 Å². The number of ether oxygens (including phenoxy) is 2. The summed E-state index contributed by atoms with van der Waals surface area (Å²) in [5.74, 6) is -0.0289. The van der Waals surface area contributed by atoms with Crippen molar-refractivity contribution in [3.05, 3.63) is 28.9 Å². The second kappa shape index (κ2) is 9.77. The van der Waals surface area contributed by atoms with E-state index in [1.807, 2.05) is 19.9 Å². The summed E-state index contributed by atoms with van der Waals surface area (Å²) >= 11 is 1.38. The molecule has 1 saturated carbocycles. The Bertz CT molecular complexity index is 1020. The second-order valence-electron chi connectivity index (χ2n) is 9.68. The number of carbonyl (C=O) groups excluding carboxylic acids is 2. The zero-order valence-electron chi connectivity index (χ0n) is 20.1. The van der Waals surface area contributed by atoms with E-state index in [-0.39, 0.29) is 17.8 Å². The lowest BCUT2D eigenvalue weighted by molar-refractivity contribution is -0.154. The SMILES string of the molecule is CCOC(=O)[C@H]1CCC(O)(c2ncc(-c3cc(C)cc(NC(=O)OC(C)(C)C)n3)s2)C[C@H]1C. The molecule has 2 aromatic rings. The van der Waals surface area contributed by atoms with E-state index in [1.165, 1.54) is 11.3 Å². The zero-order chi connectivity index (χ0) is 24.4. The topological polar surface area (TPSA) is 111 Å². The van der Waals surface area contributed by atoms with Gasteiger partial charge in [0.25, 0.3) is 0 Å². The van der Waals surface area contributed by atoms with Gasteiger partial charge in [0.05, 0.1) is 23.1 Å². The highest BCUT2D eigenvalue weighted by Crippen LogP contribution is 2.45. The monoisotopic (exact) mass is 475 g/mol. The molecule has 0 aliphatic heterocycles. The molecular formula is C24H33N3O5S. The highest BCUT2D eigenvalue weighted by atomic mass is 32.1. The number of esters is 1. The normalized spacial score (nSPS) is 23.1. The Morgan fingerprint density at radius 3 is 2.70 bits per heavy atom. The average molecular weight is 476 g/mol. The van der Waals surface area contributed by atoms with Crippen LogP contribution in [0.2, 0.25) is 0 Å². The highest BCUT2D eigenvalue weighted by Gasteiger charge is 2.43. The lowest BCUT2D eigenvalue weighted by Crippen LogP contribution is -2.39. The third-order valence-electron chi connectivity index (χ3n) is 5.56. The van der Waals surface area contributed by atoms with Gasteiger partial charge in [-0.15, -0.1) is 11.3 Å². The van der Waals surface area contributed by atoms with Gasteiger partial charge in [0.2, 0.25) is 0 Å². The first kappa shape index (κ1) is 25.1. The summed E-state index contributed by atoms with van der Waals surface area (Å²) in [5, 5.41) is 14.6. The summed E-state index contributed by atoms with van der Waals surface area (Å²) in [6, 6.07) is 3.67. The molecule has 0 saturated heterocycles. The van der Waals surface area contributed by atoms with Crippen molar-refractivity contribution in [1.29, 1.82) is 0 Å². The molecule has 1 aliphatic rings. The minimum absolute atomic E-state index is 0.0168. The molecule has 0 bridgehead atoms. The van der Waals surface area contributed by atoms with Crippen molar-refractivity contribution in [2.45, 2.75) is 72.0 Å². The van der Waals surface area contributed by atoms with Gasteiger partial charge in [-0.1, -0.05) is 6.92 Å². The number of hydrogen-bond donors (Lipinski definition) is 2.